The highest BCUT2D eigenvalue weighted by Gasteiger charge is 2.48. The van der Waals surface area contributed by atoms with Gasteiger partial charge in [-0.1, -0.05) is 41.5 Å². The number of hydrogen-bond donors (Lipinski definition) is 1. The van der Waals surface area contributed by atoms with E-state index >= 15 is 0 Å². The van der Waals surface area contributed by atoms with Crippen LogP contribution in [-0.4, -0.2) is 30.9 Å². The summed E-state index contributed by atoms with van der Waals surface area (Å²) in [5, 5.41) is 2.86. The van der Waals surface area contributed by atoms with E-state index in [1.54, 1.807) is 0 Å². The molecule has 0 aliphatic heterocycles. The van der Waals surface area contributed by atoms with Crippen molar-refractivity contribution in [2.24, 2.45) is 16.7 Å². The highest BCUT2D eigenvalue weighted by atomic mass is 16.5. The minimum Gasteiger partial charge on any atom is -0.377 e. The van der Waals surface area contributed by atoms with Gasteiger partial charge in [0.2, 0.25) is 5.91 Å². The Hall–Kier alpha value is -0.900. The van der Waals surface area contributed by atoms with Gasteiger partial charge in [-0.05, 0) is 13.8 Å². The Morgan fingerprint density at radius 2 is 1.50 bits per heavy atom. The van der Waals surface area contributed by atoms with Crippen molar-refractivity contribution in [2.75, 3.05) is 13.2 Å². The second kappa shape index (κ2) is 7.21. The topological polar surface area (TPSA) is 55.4 Å². The Kier molecular flexibility index (Phi) is 6.88. The summed E-state index contributed by atoms with van der Waals surface area (Å²) in [7, 11) is 0. The molecule has 0 rings (SSSR count). The highest BCUT2D eigenvalue weighted by Crippen LogP contribution is 2.41. The zero-order chi connectivity index (χ0) is 16.1. The predicted octanol–water partition coefficient (Wildman–Crippen LogP) is 2.81. The largest absolute Gasteiger partial charge is 0.377 e. The number of ketones is 1. The van der Waals surface area contributed by atoms with Crippen molar-refractivity contribution in [3.05, 3.63) is 0 Å². The molecule has 0 aromatic rings. The van der Waals surface area contributed by atoms with Crippen molar-refractivity contribution in [1.29, 1.82) is 0 Å². The second-order valence-corrected chi connectivity index (χ2v) is 6.94. The lowest BCUT2D eigenvalue weighted by molar-refractivity contribution is -0.147. The lowest BCUT2D eigenvalue weighted by Crippen LogP contribution is -2.51. The van der Waals surface area contributed by atoms with Crippen molar-refractivity contribution in [2.45, 2.75) is 61.5 Å². The molecule has 0 bridgehead atoms. The van der Waals surface area contributed by atoms with E-state index in [1.165, 1.54) is 0 Å². The molecule has 0 saturated heterocycles. The summed E-state index contributed by atoms with van der Waals surface area (Å²) in [6.45, 7) is 15.9. The molecule has 118 valence electrons. The van der Waals surface area contributed by atoms with Crippen LogP contribution in [0, 0.1) is 16.7 Å². The summed E-state index contributed by atoms with van der Waals surface area (Å²) in [6.07, 6.45) is 0.152. The van der Waals surface area contributed by atoms with Gasteiger partial charge in [-0.3, -0.25) is 9.59 Å². The Morgan fingerprint density at radius 3 is 1.90 bits per heavy atom. The van der Waals surface area contributed by atoms with Crippen LogP contribution in [0.1, 0.15) is 55.4 Å². The third kappa shape index (κ3) is 4.58. The van der Waals surface area contributed by atoms with Crippen LogP contribution in [-0.2, 0) is 14.3 Å². The average Bonchev–Trinajstić information content (AvgIpc) is 2.32. The summed E-state index contributed by atoms with van der Waals surface area (Å²) < 4.78 is 5.39. The first-order valence-corrected chi connectivity index (χ1v) is 7.38. The second-order valence-electron chi connectivity index (χ2n) is 6.94. The predicted molar refractivity (Wildman–Crippen MR) is 81.5 cm³/mol. The van der Waals surface area contributed by atoms with Crippen LogP contribution in [0.5, 0.6) is 0 Å². The number of nitrogens with one attached hydrogen (secondary N) is 1. The van der Waals surface area contributed by atoms with Gasteiger partial charge in [-0.25, -0.2) is 0 Å². The first-order valence-electron chi connectivity index (χ1n) is 7.38. The zero-order valence-corrected chi connectivity index (χ0v) is 14.3. The quantitative estimate of drug-likeness (QED) is 0.698. The molecule has 0 aromatic carbocycles. The molecule has 20 heavy (non-hydrogen) atoms. The van der Waals surface area contributed by atoms with Gasteiger partial charge in [0, 0.05) is 17.9 Å². The molecule has 0 aromatic heterocycles. The molecule has 0 spiro atoms. The van der Waals surface area contributed by atoms with E-state index in [0.29, 0.717) is 13.2 Å². The van der Waals surface area contributed by atoms with Gasteiger partial charge in [0.1, 0.15) is 5.78 Å². The molecule has 1 N–H and O–H groups in total. The summed E-state index contributed by atoms with van der Waals surface area (Å²) in [5.74, 6) is -0.0821. The Morgan fingerprint density at radius 1 is 1.00 bits per heavy atom. The third-order valence-electron chi connectivity index (χ3n) is 4.11. The van der Waals surface area contributed by atoms with Gasteiger partial charge < -0.3 is 10.1 Å². The third-order valence-corrected chi connectivity index (χ3v) is 4.11. The number of amides is 1. The summed E-state index contributed by atoms with van der Waals surface area (Å²) in [5.41, 5.74) is -1.46. The van der Waals surface area contributed by atoms with Crippen LogP contribution >= 0.6 is 0 Å². The van der Waals surface area contributed by atoms with Gasteiger partial charge in [-0.2, -0.15) is 0 Å². The van der Waals surface area contributed by atoms with E-state index in [0.717, 1.165) is 0 Å². The number of carbonyl (C=O) groups is 2. The minimum absolute atomic E-state index is 0.0821. The Labute approximate surface area is 123 Å². The van der Waals surface area contributed by atoms with E-state index in [-0.39, 0.29) is 23.7 Å². The summed E-state index contributed by atoms with van der Waals surface area (Å²) >= 11 is 0. The maximum atomic E-state index is 12.4. The zero-order valence-electron chi connectivity index (χ0n) is 14.3. The van der Waals surface area contributed by atoms with Crippen molar-refractivity contribution >= 4 is 11.7 Å². The smallest absolute Gasteiger partial charge is 0.226 e. The lowest BCUT2D eigenvalue weighted by atomic mass is 9.63. The van der Waals surface area contributed by atoms with Crippen molar-refractivity contribution < 1.29 is 14.3 Å². The van der Waals surface area contributed by atoms with Gasteiger partial charge in [0.25, 0.3) is 0 Å². The number of carbonyl (C=O) groups excluding carboxylic acids is 2. The van der Waals surface area contributed by atoms with Crippen LogP contribution in [0.2, 0.25) is 0 Å². The van der Waals surface area contributed by atoms with E-state index in [4.69, 9.17) is 4.74 Å². The lowest BCUT2D eigenvalue weighted by Gasteiger charge is -2.40. The van der Waals surface area contributed by atoms with Crippen molar-refractivity contribution in [3.8, 4) is 0 Å². The fourth-order valence-electron chi connectivity index (χ4n) is 1.99. The molecule has 0 fully saturated rings. The molecule has 0 heterocycles. The highest BCUT2D eigenvalue weighted by molar-refractivity contribution is 5.94. The van der Waals surface area contributed by atoms with E-state index in [9.17, 15) is 9.59 Å². The van der Waals surface area contributed by atoms with Crippen LogP contribution < -0.4 is 5.32 Å². The van der Waals surface area contributed by atoms with Gasteiger partial charge >= 0.3 is 0 Å². The molecule has 0 saturated carbocycles. The normalized spacial score (nSPS) is 12.9. The molecule has 0 aliphatic rings. The van der Waals surface area contributed by atoms with Crippen LogP contribution in [0.3, 0.4) is 0 Å². The molecule has 0 unspecified atom stereocenters. The molecule has 0 aliphatic carbocycles. The first kappa shape index (κ1) is 19.1. The Balaban J connectivity index is 4.69. The first-order chi connectivity index (χ1) is 8.94. The fourth-order valence-corrected chi connectivity index (χ4v) is 1.99. The standard InChI is InChI=1S/C16H31NO3/c1-11(2)13(18)15(5,6)16(7,8)14(19)17-9-10-20-12(3)4/h11-12H,9-10H2,1-8H3,(H,17,19). The molecule has 0 atom stereocenters. The number of Topliss-reactive ketones (excluding diaryl/α,β-unsaturated/α-hetero) is 1. The van der Waals surface area contributed by atoms with Crippen LogP contribution in [0.4, 0.5) is 0 Å². The van der Waals surface area contributed by atoms with Crippen molar-refractivity contribution in [1.82, 2.24) is 5.32 Å². The van der Waals surface area contributed by atoms with E-state index in [1.807, 2.05) is 55.4 Å². The molecular formula is C16H31NO3. The molecule has 4 nitrogen and oxygen atoms in total. The van der Waals surface area contributed by atoms with Crippen LogP contribution in [0.15, 0.2) is 0 Å². The average molecular weight is 285 g/mol. The van der Waals surface area contributed by atoms with E-state index < -0.39 is 10.8 Å². The number of rotatable bonds is 8. The summed E-state index contributed by atoms with van der Waals surface area (Å²) in [4.78, 5) is 24.7. The fraction of sp³-hybridized carbons (Fsp3) is 0.875. The maximum absolute atomic E-state index is 12.4. The monoisotopic (exact) mass is 285 g/mol. The minimum atomic E-state index is -0.758. The SMILES string of the molecule is CC(C)OCCNC(=O)C(C)(C)C(C)(C)C(=O)C(C)C. The summed E-state index contributed by atoms with van der Waals surface area (Å²) in [6, 6.07) is 0. The number of hydrogen-bond acceptors (Lipinski definition) is 3. The van der Waals surface area contributed by atoms with Gasteiger partial charge in [-0.15, -0.1) is 0 Å². The van der Waals surface area contributed by atoms with Crippen molar-refractivity contribution in [3.63, 3.8) is 0 Å². The molecule has 1 amide bonds. The Bertz CT molecular complexity index is 344. The maximum Gasteiger partial charge on any atom is 0.226 e. The van der Waals surface area contributed by atoms with Crippen LogP contribution in [0.25, 0.3) is 0 Å². The molecule has 4 heteroatoms. The molecule has 0 radical (unpaired) electrons. The van der Waals surface area contributed by atoms with Gasteiger partial charge in [0.15, 0.2) is 0 Å². The molecular weight excluding hydrogens is 254 g/mol. The van der Waals surface area contributed by atoms with E-state index in [2.05, 4.69) is 5.32 Å². The number of ether oxygens (including phenoxy) is 1. The van der Waals surface area contributed by atoms with Gasteiger partial charge in [0.05, 0.1) is 18.1 Å².